The van der Waals surface area contributed by atoms with Crippen molar-refractivity contribution in [2.75, 3.05) is 12.5 Å². The molecule has 0 aromatic carbocycles. The molecule has 0 fully saturated rings. The number of rotatable bonds is 4. The van der Waals surface area contributed by atoms with Gasteiger partial charge in [-0.1, -0.05) is 38.4 Å². The molecule has 0 saturated heterocycles. The summed E-state index contributed by atoms with van der Waals surface area (Å²) in [6, 6.07) is 0. The first-order valence-electron chi connectivity index (χ1n) is 6.04. The molecule has 2 aromatic rings. The molecular weight excluding hydrogens is 407 g/mol. The molecule has 11 nitrogen and oxygen atoms in total. The minimum atomic E-state index is -0.848. The summed E-state index contributed by atoms with van der Waals surface area (Å²) in [5.74, 6) is -0.848. The third kappa shape index (κ3) is 9.28. The van der Waals surface area contributed by atoms with Gasteiger partial charge in [0.25, 0.3) is 5.69 Å². The molecule has 0 radical (unpaired) electrons. The number of aryl methyl sites for hydroxylation is 1. The van der Waals surface area contributed by atoms with Crippen LogP contribution < -0.4 is 34.7 Å². The molecule has 0 amide bonds. The van der Waals surface area contributed by atoms with Crippen LogP contribution in [-0.2, 0) is 0 Å². The number of aromatic nitrogens is 4. The zero-order valence-electron chi connectivity index (χ0n) is 13.7. The largest absolute Gasteiger partial charge is 1.00 e. The summed E-state index contributed by atoms with van der Waals surface area (Å²) >= 11 is 2.52. The van der Waals surface area contributed by atoms with Gasteiger partial charge in [-0.25, -0.2) is 19.9 Å². The normalized spacial score (nSPS) is 8.70. The summed E-state index contributed by atoms with van der Waals surface area (Å²) in [5.41, 5.74) is -0.222. The third-order valence-electron chi connectivity index (χ3n) is 2.40. The maximum atomic E-state index is 10.8. The Bertz CT molecular complexity index is 704. The summed E-state index contributed by atoms with van der Waals surface area (Å²) in [7, 11) is 0. The van der Waals surface area contributed by atoms with Crippen LogP contribution in [0.3, 0.4) is 0 Å². The second-order valence-corrected chi connectivity index (χ2v) is 5.44. The number of hydrogen-bond donors (Lipinski definition) is 0. The molecule has 0 atom stereocenters. The van der Waals surface area contributed by atoms with Crippen molar-refractivity contribution in [3.05, 3.63) is 38.3 Å². The first-order valence-corrected chi connectivity index (χ1v) is 8.49. The van der Waals surface area contributed by atoms with Crippen LogP contribution >= 0.6 is 23.5 Å². The number of hydrogen-bond acceptors (Lipinski definition) is 11. The van der Waals surface area contributed by atoms with Gasteiger partial charge in [0.2, 0.25) is 0 Å². The number of nitro groups is 2. The molecule has 27 heavy (non-hydrogen) atoms. The Labute approximate surface area is 187 Å². The van der Waals surface area contributed by atoms with Crippen LogP contribution in [0, 0.1) is 27.2 Å². The van der Waals surface area contributed by atoms with Gasteiger partial charge >= 0.3 is 35.2 Å². The van der Waals surface area contributed by atoms with E-state index < -0.39 is 21.4 Å². The Morgan fingerprint density at radius 1 is 0.889 bits per heavy atom. The minimum absolute atomic E-state index is 0. The molecule has 0 aliphatic carbocycles. The van der Waals surface area contributed by atoms with Crippen molar-refractivity contribution < 1.29 is 44.5 Å². The van der Waals surface area contributed by atoms with Gasteiger partial charge in [-0.05, 0) is 19.4 Å². The van der Waals surface area contributed by atoms with Gasteiger partial charge in [0.05, 0.1) is 15.7 Å². The summed E-state index contributed by atoms with van der Waals surface area (Å²) in [4.78, 5) is 33.9. The van der Waals surface area contributed by atoms with Gasteiger partial charge in [-0.2, -0.15) is 0 Å². The van der Waals surface area contributed by atoms with E-state index in [1.165, 1.54) is 18.0 Å². The molecule has 0 unspecified atom stereocenters. The van der Waals surface area contributed by atoms with Gasteiger partial charge in [0.1, 0.15) is 18.1 Å². The minimum Gasteiger partial charge on any atom is -0.854 e. The summed E-state index contributed by atoms with van der Waals surface area (Å²) in [5, 5.41) is 32.1. The molecule has 0 saturated carbocycles. The van der Waals surface area contributed by atoms with Gasteiger partial charge < -0.3 is 5.11 Å². The van der Waals surface area contributed by atoms with Gasteiger partial charge in [-0.15, -0.1) is 0 Å². The molecule has 0 aliphatic heterocycles. The fourth-order valence-corrected chi connectivity index (χ4v) is 2.00. The van der Waals surface area contributed by atoms with E-state index in [9.17, 15) is 25.3 Å². The second-order valence-electron chi connectivity index (χ2n) is 3.89. The molecule has 14 heteroatoms. The SMILES string of the molecule is C.C.CSc1ncc([N+](=O)[O-])c(C)n1.CSc1ncc([N+](=O)[O-])c([O-])n1.[Na+]. The van der Waals surface area contributed by atoms with Crippen molar-refractivity contribution in [3.8, 4) is 5.88 Å². The van der Waals surface area contributed by atoms with Crippen molar-refractivity contribution >= 4 is 34.9 Å². The van der Waals surface area contributed by atoms with Crippen LogP contribution in [0.15, 0.2) is 22.7 Å². The first-order chi connectivity index (χ1) is 11.3. The molecule has 0 N–H and O–H groups in total. The molecule has 0 aliphatic rings. The van der Waals surface area contributed by atoms with Crippen LogP contribution in [0.5, 0.6) is 5.88 Å². The molecule has 2 rings (SSSR count). The van der Waals surface area contributed by atoms with Crippen LogP contribution in [0.4, 0.5) is 11.4 Å². The predicted octanol–water partition coefficient (Wildman–Crippen LogP) is -0.128. The first kappa shape index (κ1) is 30.2. The summed E-state index contributed by atoms with van der Waals surface area (Å²) in [6.07, 6.45) is 5.65. The van der Waals surface area contributed by atoms with Gasteiger partial charge in [-0.3, -0.25) is 20.2 Å². The fourth-order valence-electron chi connectivity index (χ4n) is 1.29. The molecule has 2 heterocycles. The predicted molar refractivity (Wildman–Crippen MR) is 98.6 cm³/mol. The van der Waals surface area contributed by atoms with E-state index >= 15 is 0 Å². The molecule has 0 bridgehead atoms. The fraction of sp³-hybridized carbons (Fsp3) is 0.385. The van der Waals surface area contributed by atoms with Gasteiger partial charge in [0, 0.05) is 0 Å². The van der Waals surface area contributed by atoms with E-state index in [0.29, 0.717) is 10.9 Å². The van der Waals surface area contributed by atoms with Gasteiger partial charge in [0.15, 0.2) is 10.3 Å². The van der Waals surface area contributed by atoms with E-state index in [2.05, 4.69) is 19.9 Å². The van der Waals surface area contributed by atoms with Crippen molar-refractivity contribution in [2.45, 2.75) is 32.1 Å². The quantitative estimate of drug-likeness (QED) is 0.210. The number of nitrogens with zero attached hydrogens (tertiary/aromatic N) is 6. The zero-order chi connectivity index (χ0) is 18.3. The standard InChI is InChI=1S/C6H7N3O2S.C5H5N3O3S.2CH4.Na/c1-4-5(9(10)11)3-7-6(8-4)12-2;1-12-5-6-2-3(8(10)11)4(9)7-5;;;/h3H,1-2H3;2H,1H3,(H,6,7,9);2*1H4;/q;;;;+1/p-1. The average Bonchev–Trinajstić information content (AvgIpc) is 2.54. The Morgan fingerprint density at radius 2 is 1.30 bits per heavy atom. The molecular formula is C13H19N6NaO5S2. The van der Waals surface area contributed by atoms with E-state index in [0.717, 1.165) is 18.0 Å². The van der Waals surface area contributed by atoms with E-state index in [4.69, 9.17) is 0 Å². The molecule has 2 aromatic heterocycles. The maximum Gasteiger partial charge on any atom is 1.00 e. The van der Waals surface area contributed by atoms with Crippen molar-refractivity contribution in [3.63, 3.8) is 0 Å². The third-order valence-corrected chi connectivity index (χ3v) is 3.53. The topological polar surface area (TPSA) is 161 Å². The Hall–Kier alpha value is -1.54. The van der Waals surface area contributed by atoms with Crippen LogP contribution in [0.25, 0.3) is 0 Å². The Balaban J connectivity index is -0.000000384. The zero-order valence-corrected chi connectivity index (χ0v) is 17.3. The monoisotopic (exact) mass is 426 g/mol. The van der Waals surface area contributed by atoms with E-state index in [1.54, 1.807) is 13.2 Å². The van der Waals surface area contributed by atoms with E-state index in [1.807, 2.05) is 6.26 Å². The van der Waals surface area contributed by atoms with E-state index in [-0.39, 0.29) is 55.3 Å². The number of thioether (sulfide) groups is 2. The molecule has 0 spiro atoms. The van der Waals surface area contributed by atoms with Crippen LogP contribution in [0.2, 0.25) is 0 Å². The maximum absolute atomic E-state index is 10.8. The van der Waals surface area contributed by atoms with Crippen molar-refractivity contribution in [1.29, 1.82) is 0 Å². The van der Waals surface area contributed by atoms with Crippen LogP contribution in [0.1, 0.15) is 20.5 Å². The average molecular weight is 426 g/mol. The Kier molecular flexibility index (Phi) is 16.2. The van der Waals surface area contributed by atoms with Crippen molar-refractivity contribution in [2.24, 2.45) is 0 Å². The summed E-state index contributed by atoms with van der Waals surface area (Å²) in [6.45, 7) is 1.60. The molecule has 144 valence electrons. The second kappa shape index (κ2) is 14.5. The summed E-state index contributed by atoms with van der Waals surface area (Å²) < 4.78 is 0. The Morgan fingerprint density at radius 3 is 1.63 bits per heavy atom. The smallest absolute Gasteiger partial charge is 0.854 e. The van der Waals surface area contributed by atoms with Crippen LogP contribution in [-0.4, -0.2) is 42.3 Å². The van der Waals surface area contributed by atoms with Crippen molar-refractivity contribution in [1.82, 2.24) is 19.9 Å².